The number of aliphatic hydroxyl groups is 1. The molecule has 1 aliphatic carbocycles. The number of allylic oxidation sites excluding steroid dienone is 5. The van der Waals surface area contributed by atoms with Gasteiger partial charge in [0.25, 0.3) is 5.95 Å². The first-order valence-electron chi connectivity index (χ1n) is 6.69. The Balaban J connectivity index is 0.000000344. The molecule has 0 fully saturated rings. The van der Waals surface area contributed by atoms with E-state index in [1.54, 1.807) is 18.2 Å². The van der Waals surface area contributed by atoms with Gasteiger partial charge in [-0.15, -0.1) is 0 Å². The Bertz CT molecular complexity index is 604. The van der Waals surface area contributed by atoms with E-state index in [1.165, 1.54) is 6.26 Å². The average molecular weight is 333 g/mol. The molecule has 0 unspecified atom stereocenters. The molecule has 0 atom stereocenters. The Hall–Kier alpha value is -2.35. The van der Waals surface area contributed by atoms with Crippen molar-refractivity contribution >= 4 is 6.08 Å². The van der Waals surface area contributed by atoms with Crippen molar-refractivity contribution in [3.8, 4) is 0 Å². The molecule has 0 saturated carbocycles. The third-order valence-electron chi connectivity index (χ3n) is 2.70. The van der Waals surface area contributed by atoms with Crippen LogP contribution in [0.1, 0.15) is 5.56 Å². The second-order valence-electron chi connectivity index (χ2n) is 4.27. The Morgan fingerprint density at radius 3 is 2.14 bits per heavy atom. The molecule has 0 spiro atoms. The molecule has 0 heterocycles. The summed E-state index contributed by atoms with van der Waals surface area (Å²) < 4.78 is 5.08. The van der Waals surface area contributed by atoms with Gasteiger partial charge >= 0.3 is 0 Å². The van der Waals surface area contributed by atoms with Crippen molar-refractivity contribution in [2.75, 3.05) is 0 Å². The molecule has 2 aromatic rings. The number of benzene rings is 1. The van der Waals surface area contributed by atoms with Crippen LogP contribution in [-0.4, -0.2) is 5.11 Å². The second kappa shape index (κ2) is 10.4. The van der Waals surface area contributed by atoms with E-state index in [1.807, 2.05) is 72.8 Å². The zero-order chi connectivity index (χ0) is 14.8. The minimum Gasteiger partial charge on any atom is -0.480 e. The predicted octanol–water partition coefficient (Wildman–Crippen LogP) is 4.97. The van der Waals surface area contributed by atoms with Crippen LogP contribution in [0.5, 0.6) is 0 Å². The summed E-state index contributed by atoms with van der Waals surface area (Å²) in [5, 5.41) is 9.53. The number of rotatable bonds is 3. The summed E-state index contributed by atoms with van der Waals surface area (Å²) in [4.78, 5) is 0. The fraction of sp³-hybridized carbons (Fsp3) is 0. The van der Waals surface area contributed by atoms with Crippen LogP contribution in [0.15, 0.2) is 103 Å². The molecule has 1 aliphatic rings. The standard InChI is InChI=1S/C14H12O2.C5H5.Fe/c15-14(13-8-4-5-9-13)16-11-10-12-6-2-1-3-7-12;1-2-4-5-3-1;/h1-11,15H;1-5H;/q;-1;. The summed E-state index contributed by atoms with van der Waals surface area (Å²) in [7, 11) is 0. The summed E-state index contributed by atoms with van der Waals surface area (Å²) in [6.07, 6.45) is 10.5. The van der Waals surface area contributed by atoms with E-state index in [2.05, 4.69) is 0 Å². The van der Waals surface area contributed by atoms with Gasteiger partial charge in [-0.2, -0.15) is 18.2 Å². The normalized spacial score (nSPS) is 11.7. The monoisotopic (exact) mass is 333 g/mol. The van der Waals surface area contributed by atoms with Gasteiger partial charge in [0.05, 0.1) is 11.8 Å². The number of ether oxygens (including phenoxy) is 1. The Morgan fingerprint density at radius 1 is 0.955 bits per heavy atom. The fourth-order valence-electron chi connectivity index (χ4n) is 1.65. The molecule has 114 valence electrons. The molecule has 0 aromatic heterocycles. The SMILES string of the molecule is OC(OC=Cc1ccccc1)=C1C=CC=C1.[Fe].c1cc[cH-]c1. The number of aliphatic hydroxyl groups excluding tert-OH is 1. The maximum Gasteiger partial charge on any atom is 0.289 e. The van der Waals surface area contributed by atoms with Gasteiger partial charge in [-0.25, -0.2) is 12.1 Å². The van der Waals surface area contributed by atoms with Crippen molar-refractivity contribution in [2.45, 2.75) is 0 Å². The van der Waals surface area contributed by atoms with Gasteiger partial charge in [-0.05, 0) is 23.8 Å². The summed E-state index contributed by atoms with van der Waals surface area (Å²) in [6, 6.07) is 19.8. The maximum absolute atomic E-state index is 9.53. The van der Waals surface area contributed by atoms with Gasteiger partial charge < -0.3 is 9.84 Å². The van der Waals surface area contributed by atoms with Gasteiger partial charge in [0.15, 0.2) is 0 Å². The molecular formula is C19H17FeO2-. The summed E-state index contributed by atoms with van der Waals surface area (Å²) >= 11 is 0. The summed E-state index contributed by atoms with van der Waals surface area (Å²) in [5.74, 6) is -0.0859. The Kier molecular flexibility index (Phi) is 8.36. The number of hydrogen-bond donors (Lipinski definition) is 1. The molecule has 0 amide bonds. The number of hydrogen-bond acceptors (Lipinski definition) is 2. The van der Waals surface area contributed by atoms with Crippen LogP contribution in [0.2, 0.25) is 0 Å². The molecule has 0 aliphatic heterocycles. The molecule has 2 aromatic carbocycles. The third kappa shape index (κ3) is 6.40. The summed E-state index contributed by atoms with van der Waals surface area (Å²) in [5.41, 5.74) is 1.70. The van der Waals surface area contributed by atoms with Crippen LogP contribution in [0.4, 0.5) is 0 Å². The molecule has 0 saturated heterocycles. The zero-order valence-electron chi connectivity index (χ0n) is 11.9. The van der Waals surface area contributed by atoms with Crippen LogP contribution < -0.4 is 0 Å². The van der Waals surface area contributed by atoms with Crippen LogP contribution in [-0.2, 0) is 21.8 Å². The van der Waals surface area contributed by atoms with E-state index in [0.29, 0.717) is 5.57 Å². The van der Waals surface area contributed by atoms with E-state index in [4.69, 9.17) is 4.74 Å². The van der Waals surface area contributed by atoms with Gasteiger partial charge in [0, 0.05) is 17.1 Å². The second-order valence-corrected chi connectivity index (χ2v) is 4.27. The zero-order valence-corrected chi connectivity index (χ0v) is 13.1. The van der Waals surface area contributed by atoms with Gasteiger partial charge in [-0.3, -0.25) is 0 Å². The first-order valence-corrected chi connectivity index (χ1v) is 6.69. The predicted molar refractivity (Wildman–Crippen MR) is 86.5 cm³/mol. The molecule has 3 rings (SSSR count). The largest absolute Gasteiger partial charge is 0.480 e. The average Bonchev–Trinajstić information content (AvgIpc) is 3.24. The minimum absolute atomic E-state index is 0. The Labute approximate surface area is 141 Å². The van der Waals surface area contributed by atoms with Gasteiger partial charge in [0.2, 0.25) is 0 Å². The van der Waals surface area contributed by atoms with Gasteiger partial charge in [-0.1, -0.05) is 42.5 Å². The summed E-state index contributed by atoms with van der Waals surface area (Å²) in [6.45, 7) is 0. The van der Waals surface area contributed by atoms with Crippen molar-refractivity contribution in [1.29, 1.82) is 0 Å². The van der Waals surface area contributed by atoms with E-state index in [9.17, 15) is 5.11 Å². The van der Waals surface area contributed by atoms with Crippen LogP contribution in [0.25, 0.3) is 6.08 Å². The molecule has 0 bridgehead atoms. The van der Waals surface area contributed by atoms with Crippen LogP contribution >= 0.6 is 0 Å². The third-order valence-corrected chi connectivity index (χ3v) is 2.70. The van der Waals surface area contributed by atoms with Gasteiger partial charge in [0.1, 0.15) is 0 Å². The van der Waals surface area contributed by atoms with Crippen molar-refractivity contribution in [2.24, 2.45) is 0 Å². The van der Waals surface area contributed by atoms with Crippen LogP contribution in [0, 0.1) is 0 Å². The van der Waals surface area contributed by atoms with E-state index in [0.717, 1.165) is 5.56 Å². The topological polar surface area (TPSA) is 29.5 Å². The maximum atomic E-state index is 9.53. The molecular weight excluding hydrogens is 316 g/mol. The van der Waals surface area contributed by atoms with E-state index >= 15 is 0 Å². The van der Waals surface area contributed by atoms with Crippen molar-refractivity contribution in [1.82, 2.24) is 0 Å². The van der Waals surface area contributed by atoms with Crippen LogP contribution in [0.3, 0.4) is 0 Å². The molecule has 22 heavy (non-hydrogen) atoms. The molecule has 0 radical (unpaired) electrons. The quantitative estimate of drug-likeness (QED) is 0.488. The Morgan fingerprint density at radius 2 is 1.59 bits per heavy atom. The van der Waals surface area contributed by atoms with E-state index in [-0.39, 0.29) is 23.0 Å². The first-order chi connectivity index (χ1) is 10.4. The molecule has 3 heteroatoms. The van der Waals surface area contributed by atoms with Crippen molar-refractivity contribution < 1.29 is 26.9 Å². The molecule has 2 nitrogen and oxygen atoms in total. The smallest absolute Gasteiger partial charge is 0.289 e. The van der Waals surface area contributed by atoms with Crippen molar-refractivity contribution in [3.05, 3.63) is 108 Å². The van der Waals surface area contributed by atoms with Crippen molar-refractivity contribution in [3.63, 3.8) is 0 Å². The van der Waals surface area contributed by atoms with E-state index < -0.39 is 0 Å². The fourth-order valence-corrected chi connectivity index (χ4v) is 1.65. The first kappa shape index (κ1) is 17.7. The molecule has 1 N–H and O–H groups in total. The minimum atomic E-state index is -0.0859.